The molecule has 0 amide bonds. The van der Waals surface area contributed by atoms with Crippen molar-refractivity contribution in [2.75, 3.05) is 7.05 Å². The minimum atomic E-state index is 0.269. The second-order valence-electron chi connectivity index (χ2n) is 4.91. The van der Waals surface area contributed by atoms with Crippen LogP contribution in [0.1, 0.15) is 31.7 Å². The van der Waals surface area contributed by atoms with Crippen molar-refractivity contribution in [3.8, 4) is 5.75 Å². The molecule has 0 bridgehead atoms. The van der Waals surface area contributed by atoms with Crippen molar-refractivity contribution < 1.29 is 9.53 Å². The number of rotatable bonds is 6. The molecule has 98 valence electrons. The summed E-state index contributed by atoms with van der Waals surface area (Å²) in [6.07, 6.45) is 3.55. The predicted molar refractivity (Wildman–Crippen MR) is 71.9 cm³/mol. The Hall–Kier alpha value is -1.35. The Balaban J connectivity index is 1.89. The van der Waals surface area contributed by atoms with Crippen molar-refractivity contribution in [2.24, 2.45) is 0 Å². The summed E-state index contributed by atoms with van der Waals surface area (Å²) in [6, 6.07) is 8.49. The van der Waals surface area contributed by atoms with Crippen molar-refractivity contribution in [1.29, 1.82) is 0 Å². The Morgan fingerprint density at radius 1 is 1.44 bits per heavy atom. The summed E-state index contributed by atoms with van der Waals surface area (Å²) in [5, 5.41) is 3.24. The molecule has 0 radical (unpaired) electrons. The van der Waals surface area contributed by atoms with Gasteiger partial charge in [0.15, 0.2) is 0 Å². The molecule has 0 aromatic heterocycles. The molecule has 1 fully saturated rings. The van der Waals surface area contributed by atoms with Gasteiger partial charge in [-0.1, -0.05) is 19.1 Å². The van der Waals surface area contributed by atoms with Crippen LogP contribution < -0.4 is 10.1 Å². The van der Waals surface area contributed by atoms with Gasteiger partial charge in [0, 0.05) is 18.9 Å². The van der Waals surface area contributed by atoms with Crippen LogP contribution in [0.4, 0.5) is 0 Å². The molecule has 18 heavy (non-hydrogen) atoms. The van der Waals surface area contributed by atoms with E-state index in [2.05, 4.69) is 5.32 Å². The van der Waals surface area contributed by atoms with E-state index in [1.807, 2.05) is 38.2 Å². The van der Waals surface area contributed by atoms with E-state index in [1.165, 1.54) is 0 Å². The monoisotopic (exact) mass is 247 g/mol. The first kappa shape index (κ1) is 13.1. The summed E-state index contributed by atoms with van der Waals surface area (Å²) in [5.41, 5.74) is 1.05. The van der Waals surface area contributed by atoms with E-state index in [0.29, 0.717) is 25.0 Å². The van der Waals surface area contributed by atoms with E-state index in [4.69, 9.17) is 4.74 Å². The van der Waals surface area contributed by atoms with Gasteiger partial charge in [-0.25, -0.2) is 0 Å². The van der Waals surface area contributed by atoms with Gasteiger partial charge in [-0.05, 0) is 37.6 Å². The molecule has 3 nitrogen and oxygen atoms in total. The Bertz CT molecular complexity index is 411. The lowest BCUT2D eigenvalue weighted by Gasteiger charge is -2.35. The number of nitrogens with one attached hydrogen (secondary N) is 1. The standard InChI is InChI=1S/C15H21NO2/c1-3-13(17)7-11-5-4-6-14(8-11)18-15-9-12(10-15)16-2/h4-6,8,12,15-16H,3,7,9-10H2,1-2H3/t12-,15-. The summed E-state index contributed by atoms with van der Waals surface area (Å²) >= 11 is 0. The van der Waals surface area contributed by atoms with E-state index in [-0.39, 0.29) is 5.78 Å². The molecular formula is C15H21NO2. The number of carbonyl (C=O) groups excluding carboxylic acids is 1. The SMILES string of the molecule is CCC(=O)Cc1cccc(O[C@H]2C[C@H](NC)C2)c1. The van der Waals surface area contributed by atoms with Gasteiger partial charge in [0.1, 0.15) is 17.6 Å². The molecule has 2 rings (SSSR count). The number of ketones is 1. The summed E-state index contributed by atoms with van der Waals surface area (Å²) in [5.74, 6) is 1.15. The number of benzene rings is 1. The van der Waals surface area contributed by atoms with Crippen molar-refractivity contribution >= 4 is 5.78 Å². The van der Waals surface area contributed by atoms with Crippen LogP contribution in [0.25, 0.3) is 0 Å². The smallest absolute Gasteiger partial charge is 0.136 e. The topological polar surface area (TPSA) is 38.3 Å². The average molecular weight is 247 g/mol. The van der Waals surface area contributed by atoms with E-state index >= 15 is 0 Å². The predicted octanol–water partition coefficient (Wildman–Crippen LogP) is 2.34. The highest BCUT2D eigenvalue weighted by molar-refractivity contribution is 5.80. The Labute approximate surface area is 109 Å². The number of carbonyl (C=O) groups is 1. The van der Waals surface area contributed by atoms with Crippen LogP contribution in [0.2, 0.25) is 0 Å². The first-order valence-corrected chi connectivity index (χ1v) is 6.65. The molecule has 0 saturated heterocycles. The molecule has 1 N–H and O–H groups in total. The fraction of sp³-hybridized carbons (Fsp3) is 0.533. The van der Waals surface area contributed by atoms with Crippen molar-refractivity contribution in [3.05, 3.63) is 29.8 Å². The van der Waals surface area contributed by atoms with Crippen LogP contribution >= 0.6 is 0 Å². The maximum absolute atomic E-state index is 11.4. The highest BCUT2D eigenvalue weighted by Crippen LogP contribution is 2.26. The summed E-state index contributed by atoms with van der Waals surface area (Å²) in [7, 11) is 1.98. The Kier molecular flexibility index (Phi) is 4.37. The number of hydrogen-bond acceptors (Lipinski definition) is 3. The quantitative estimate of drug-likeness (QED) is 0.838. The molecule has 0 heterocycles. The second-order valence-corrected chi connectivity index (χ2v) is 4.91. The number of hydrogen-bond donors (Lipinski definition) is 1. The molecule has 0 unspecified atom stereocenters. The minimum Gasteiger partial charge on any atom is -0.490 e. The lowest BCUT2D eigenvalue weighted by Crippen LogP contribution is -2.45. The van der Waals surface area contributed by atoms with Gasteiger partial charge in [0.2, 0.25) is 0 Å². The zero-order chi connectivity index (χ0) is 13.0. The third-order valence-electron chi connectivity index (χ3n) is 3.50. The number of ether oxygens (including phenoxy) is 1. The number of Topliss-reactive ketones (excluding diaryl/α,β-unsaturated/α-hetero) is 1. The third kappa shape index (κ3) is 3.33. The second kappa shape index (κ2) is 6.01. The van der Waals surface area contributed by atoms with Gasteiger partial charge in [-0.15, -0.1) is 0 Å². The molecule has 0 spiro atoms. The van der Waals surface area contributed by atoms with E-state index in [9.17, 15) is 4.79 Å². The average Bonchev–Trinajstić information content (AvgIpc) is 2.33. The first-order valence-electron chi connectivity index (χ1n) is 6.65. The van der Waals surface area contributed by atoms with Gasteiger partial charge in [0.25, 0.3) is 0 Å². The molecule has 0 atom stereocenters. The van der Waals surface area contributed by atoms with E-state index < -0.39 is 0 Å². The molecule has 1 aromatic rings. The van der Waals surface area contributed by atoms with Crippen LogP contribution in [-0.2, 0) is 11.2 Å². The lowest BCUT2D eigenvalue weighted by molar-refractivity contribution is -0.118. The normalized spacial score (nSPS) is 22.3. The van der Waals surface area contributed by atoms with E-state index in [0.717, 1.165) is 24.2 Å². The van der Waals surface area contributed by atoms with Crippen LogP contribution in [0.15, 0.2) is 24.3 Å². The first-order chi connectivity index (χ1) is 8.71. The summed E-state index contributed by atoms with van der Waals surface area (Å²) < 4.78 is 5.89. The van der Waals surface area contributed by atoms with Crippen molar-refractivity contribution in [2.45, 2.75) is 44.8 Å². The van der Waals surface area contributed by atoms with Crippen molar-refractivity contribution in [3.63, 3.8) is 0 Å². The van der Waals surface area contributed by atoms with Crippen molar-refractivity contribution in [1.82, 2.24) is 5.32 Å². The largest absolute Gasteiger partial charge is 0.490 e. The van der Waals surface area contributed by atoms with Crippen LogP contribution in [-0.4, -0.2) is 25.0 Å². The van der Waals surface area contributed by atoms with Crippen LogP contribution in [0, 0.1) is 0 Å². The zero-order valence-electron chi connectivity index (χ0n) is 11.1. The highest BCUT2D eigenvalue weighted by atomic mass is 16.5. The van der Waals surface area contributed by atoms with Gasteiger partial charge in [-0.2, -0.15) is 0 Å². The summed E-state index contributed by atoms with van der Waals surface area (Å²) in [4.78, 5) is 11.4. The van der Waals surface area contributed by atoms with Gasteiger partial charge < -0.3 is 10.1 Å². The maximum Gasteiger partial charge on any atom is 0.136 e. The van der Waals surface area contributed by atoms with Gasteiger partial charge in [0.05, 0.1) is 0 Å². The molecule has 1 aromatic carbocycles. The molecule has 3 heteroatoms. The molecule has 1 saturated carbocycles. The van der Waals surface area contributed by atoms with Gasteiger partial charge in [-0.3, -0.25) is 4.79 Å². The van der Waals surface area contributed by atoms with E-state index in [1.54, 1.807) is 0 Å². The molecular weight excluding hydrogens is 226 g/mol. The highest BCUT2D eigenvalue weighted by Gasteiger charge is 2.29. The van der Waals surface area contributed by atoms with Gasteiger partial charge >= 0.3 is 0 Å². The Morgan fingerprint density at radius 3 is 2.89 bits per heavy atom. The summed E-state index contributed by atoms with van der Waals surface area (Å²) in [6.45, 7) is 1.90. The fourth-order valence-corrected chi connectivity index (χ4v) is 2.17. The molecule has 1 aliphatic rings. The third-order valence-corrected chi connectivity index (χ3v) is 3.50. The fourth-order valence-electron chi connectivity index (χ4n) is 2.17. The molecule has 0 aliphatic heterocycles. The van der Waals surface area contributed by atoms with Crippen LogP contribution in [0.5, 0.6) is 5.75 Å². The zero-order valence-corrected chi connectivity index (χ0v) is 11.1. The minimum absolute atomic E-state index is 0.269. The lowest BCUT2D eigenvalue weighted by atomic mass is 9.89. The Morgan fingerprint density at radius 2 is 2.22 bits per heavy atom. The van der Waals surface area contributed by atoms with Crippen LogP contribution in [0.3, 0.4) is 0 Å². The molecule has 1 aliphatic carbocycles. The maximum atomic E-state index is 11.4.